The molecule has 1 saturated carbocycles. The van der Waals surface area contributed by atoms with Crippen molar-refractivity contribution in [1.82, 2.24) is 14.7 Å². The summed E-state index contributed by atoms with van der Waals surface area (Å²) in [7, 11) is 4.11. The van der Waals surface area contributed by atoms with Crippen LogP contribution >= 0.6 is 11.6 Å². The average Bonchev–Trinajstić information content (AvgIpc) is 2.94. The molecule has 0 bridgehead atoms. The van der Waals surface area contributed by atoms with Crippen molar-refractivity contribution in [2.45, 2.75) is 38.3 Å². The topological polar surface area (TPSA) is 47.1 Å². The van der Waals surface area contributed by atoms with Gasteiger partial charge in [-0.25, -0.2) is 0 Å². The van der Waals surface area contributed by atoms with E-state index >= 15 is 0 Å². The van der Waals surface area contributed by atoms with Crippen molar-refractivity contribution in [3.63, 3.8) is 0 Å². The highest BCUT2D eigenvalue weighted by molar-refractivity contribution is 6.31. The van der Waals surface area contributed by atoms with E-state index in [4.69, 9.17) is 17.3 Å². The molecule has 2 rings (SSSR count). The first-order chi connectivity index (χ1) is 8.59. The van der Waals surface area contributed by atoms with Crippen molar-refractivity contribution in [3.8, 4) is 0 Å². The molecule has 0 radical (unpaired) electrons. The van der Waals surface area contributed by atoms with E-state index in [0.29, 0.717) is 10.9 Å². The summed E-state index contributed by atoms with van der Waals surface area (Å²) in [5, 5.41) is 5.07. The number of hydrogen-bond donors (Lipinski definition) is 1. The third-order valence-electron chi connectivity index (χ3n) is 3.82. The van der Waals surface area contributed by atoms with Crippen LogP contribution < -0.4 is 5.73 Å². The summed E-state index contributed by atoms with van der Waals surface area (Å²) in [4.78, 5) is 2.14. The SMILES string of the molecule is CN(C)CCn1ncc(Cl)c1C(N)C1CCCC1. The maximum Gasteiger partial charge on any atom is 0.0834 e. The number of nitrogens with zero attached hydrogens (tertiary/aromatic N) is 3. The third kappa shape index (κ3) is 3.05. The van der Waals surface area contributed by atoms with Gasteiger partial charge in [-0.1, -0.05) is 24.4 Å². The van der Waals surface area contributed by atoms with Gasteiger partial charge in [0.1, 0.15) is 0 Å². The second-order valence-corrected chi connectivity index (χ2v) is 5.88. The number of hydrogen-bond acceptors (Lipinski definition) is 3. The lowest BCUT2D eigenvalue weighted by Crippen LogP contribution is -2.26. The Morgan fingerprint density at radius 3 is 2.78 bits per heavy atom. The highest BCUT2D eigenvalue weighted by atomic mass is 35.5. The summed E-state index contributed by atoms with van der Waals surface area (Å²) >= 11 is 6.26. The van der Waals surface area contributed by atoms with E-state index in [0.717, 1.165) is 18.8 Å². The largest absolute Gasteiger partial charge is 0.322 e. The lowest BCUT2D eigenvalue weighted by molar-refractivity contribution is 0.354. The van der Waals surface area contributed by atoms with Crippen molar-refractivity contribution in [3.05, 3.63) is 16.9 Å². The molecule has 1 atom stereocenters. The zero-order valence-electron chi connectivity index (χ0n) is 11.3. The van der Waals surface area contributed by atoms with Gasteiger partial charge in [0.25, 0.3) is 0 Å². The number of halogens is 1. The third-order valence-corrected chi connectivity index (χ3v) is 4.11. The Kier molecular flexibility index (Phi) is 4.65. The molecule has 0 saturated heterocycles. The Hall–Kier alpha value is -0.580. The number of likely N-dealkylation sites (N-methyl/N-ethyl adjacent to an activating group) is 1. The second-order valence-electron chi connectivity index (χ2n) is 5.47. The molecule has 5 heteroatoms. The molecule has 18 heavy (non-hydrogen) atoms. The molecule has 0 aromatic carbocycles. The van der Waals surface area contributed by atoms with E-state index in [1.165, 1.54) is 25.7 Å². The van der Waals surface area contributed by atoms with Crippen LogP contribution in [0.1, 0.15) is 37.4 Å². The van der Waals surface area contributed by atoms with E-state index in [-0.39, 0.29) is 6.04 Å². The van der Waals surface area contributed by atoms with Crippen LogP contribution in [-0.4, -0.2) is 35.3 Å². The zero-order chi connectivity index (χ0) is 13.1. The summed E-state index contributed by atoms with van der Waals surface area (Å²) in [5.74, 6) is 0.567. The first kappa shape index (κ1) is 13.8. The van der Waals surface area contributed by atoms with Crippen molar-refractivity contribution in [2.75, 3.05) is 20.6 Å². The maximum atomic E-state index is 6.39. The summed E-state index contributed by atoms with van der Waals surface area (Å²) in [6.45, 7) is 1.79. The zero-order valence-corrected chi connectivity index (χ0v) is 12.0. The Bertz CT molecular complexity index is 382. The van der Waals surface area contributed by atoms with E-state index in [2.05, 4.69) is 24.1 Å². The summed E-state index contributed by atoms with van der Waals surface area (Å²) in [5.41, 5.74) is 7.41. The molecule has 1 aromatic heterocycles. The van der Waals surface area contributed by atoms with Crippen molar-refractivity contribution in [1.29, 1.82) is 0 Å². The van der Waals surface area contributed by atoms with Gasteiger partial charge in [0, 0.05) is 6.54 Å². The first-order valence-corrected chi connectivity index (χ1v) is 7.09. The normalized spacial score (nSPS) is 18.7. The molecule has 1 aliphatic rings. The minimum Gasteiger partial charge on any atom is -0.322 e. The van der Waals surface area contributed by atoms with Crippen LogP contribution in [0.15, 0.2) is 6.20 Å². The molecule has 4 nitrogen and oxygen atoms in total. The van der Waals surface area contributed by atoms with E-state index in [1.807, 2.05) is 4.68 Å². The lowest BCUT2D eigenvalue weighted by Gasteiger charge is -2.21. The molecule has 0 aliphatic heterocycles. The van der Waals surface area contributed by atoms with Crippen molar-refractivity contribution >= 4 is 11.6 Å². The number of nitrogens with two attached hydrogens (primary N) is 1. The van der Waals surface area contributed by atoms with Crippen LogP contribution in [0.4, 0.5) is 0 Å². The fraction of sp³-hybridized carbons (Fsp3) is 0.769. The quantitative estimate of drug-likeness (QED) is 0.893. The van der Waals surface area contributed by atoms with Crippen LogP contribution in [0.5, 0.6) is 0 Å². The van der Waals surface area contributed by atoms with Crippen molar-refractivity contribution < 1.29 is 0 Å². The van der Waals surface area contributed by atoms with Crippen LogP contribution in [0.3, 0.4) is 0 Å². The molecule has 102 valence electrons. The molecule has 1 unspecified atom stereocenters. The molecule has 1 heterocycles. The lowest BCUT2D eigenvalue weighted by atomic mass is 9.96. The average molecular weight is 271 g/mol. The fourth-order valence-corrected chi connectivity index (χ4v) is 2.98. The fourth-order valence-electron chi connectivity index (χ4n) is 2.72. The molecule has 1 aromatic rings. The summed E-state index contributed by atoms with van der Waals surface area (Å²) in [6.07, 6.45) is 6.75. The van der Waals surface area contributed by atoms with Crippen molar-refractivity contribution in [2.24, 2.45) is 11.7 Å². The van der Waals surface area contributed by atoms with Gasteiger partial charge in [0.15, 0.2) is 0 Å². The highest BCUT2D eigenvalue weighted by Gasteiger charge is 2.27. The highest BCUT2D eigenvalue weighted by Crippen LogP contribution is 2.36. The van der Waals surface area contributed by atoms with Gasteiger partial charge in [0.2, 0.25) is 0 Å². The van der Waals surface area contributed by atoms with E-state index in [1.54, 1.807) is 6.20 Å². The Morgan fingerprint density at radius 1 is 1.50 bits per heavy atom. The minimum atomic E-state index is 0.0321. The summed E-state index contributed by atoms with van der Waals surface area (Å²) in [6, 6.07) is 0.0321. The van der Waals surface area contributed by atoms with Crippen LogP contribution in [0.25, 0.3) is 0 Å². The molecular weight excluding hydrogens is 248 g/mol. The Balaban J connectivity index is 2.12. The van der Waals surface area contributed by atoms with Gasteiger partial charge in [-0.2, -0.15) is 5.10 Å². The summed E-state index contributed by atoms with van der Waals surface area (Å²) < 4.78 is 1.98. The molecule has 0 spiro atoms. The predicted molar refractivity (Wildman–Crippen MR) is 74.7 cm³/mol. The molecule has 0 amide bonds. The molecule has 2 N–H and O–H groups in total. The van der Waals surface area contributed by atoms with Gasteiger partial charge in [-0.3, -0.25) is 4.68 Å². The van der Waals surface area contributed by atoms with Gasteiger partial charge >= 0.3 is 0 Å². The monoisotopic (exact) mass is 270 g/mol. The van der Waals surface area contributed by atoms with Gasteiger partial charge in [-0.15, -0.1) is 0 Å². The Labute approximate surface area is 114 Å². The van der Waals surface area contributed by atoms with E-state index in [9.17, 15) is 0 Å². The van der Waals surface area contributed by atoms with E-state index < -0.39 is 0 Å². The van der Waals surface area contributed by atoms with Crippen LogP contribution in [0.2, 0.25) is 5.02 Å². The molecule has 1 aliphatic carbocycles. The molecule has 1 fully saturated rings. The maximum absolute atomic E-state index is 6.39. The number of rotatable bonds is 5. The predicted octanol–water partition coefficient (Wildman–Crippen LogP) is 2.29. The van der Waals surface area contributed by atoms with Gasteiger partial charge in [0.05, 0.1) is 29.5 Å². The smallest absolute Gasteiger partial charge is 0.0834 e. The van der Waals surface area contributed by atoms with Crippen LogP contribution in [-0.2, 0) is 6.54 Å². The van der Waals surface area contributed by atoms with Gasteiger partial charge < -0.3 is 10.6 Å². The number of aromatic nitrogens is 2. The molecular formula is C13H23ClN4. The second kappa shape index (κ2) is 6.04. The minimum absolute atomic E-state index is 0.0321. The van der Waals surface area contributed by atoms with Gasteiger partial charge in [-0.05, 0) is 32.9 Å². The standard InChI is InChI=1S/C13H23ClN4/c1-17(2)7-8-18-13(11(14)9-16-18)12(15)10-5-3-4-6-10/h9-10,12H,3-8,15H2,1-2H3. The Morgan fingerprint density at radius 2 is 2.17 bits per heavy atom. The first-order valence-electron chi connectivity index (χ1n) is 6.71. The van der Waals surface area contributed by atoms with Crippen LogP contribution in [0, 0.1) is 5.92 Å².